The predicted molar refractivity (Wildman–Crippen MR) is 87.7 cm³/mol. The van der Waals surface area contributed by atoms with Crippen molar-refractivity contribution in [3.63, 3.8) is 0 Å². The Morgan fingerprint density at radius 1 is 1.05 bits per heavy atom. The Kier molecular flexibility index (Phi) is 3.10. The number of H-pyrrole nitrogens is 1. The fraction of sp³-hybridized carbons (Fsp3) is 0.333. The van der Waals surface area contributed by atoms with Crippen LogP contribution in [-0.2, 0) is 12.8 Å². The number of aromatic nitrogens is 3. The molecule has 1 aliphatic rings. The molecule has 0 fully saturated rings. The van der Waals surface area contributed by atoms with Crippen LogP contribution in [0.5, 0.6) is 0 Å². The first kappa shape index (κ1) is 13.3. The van der Waals surface area contributed by atoms with E-state index in [1.165, 1.54) is 24.0 Å². The number of nitrogens with zero attached hydrogens (tertiary/aromatic N) is 2. The molecule has 0 amide bonds. The van der Waals surface area contributed by atoms with E-state index in [0.717, 1.165) is 36.0 Å². The lowest BCUT2D eigenvalue weighted by atomic mass is 9.99. The standard InChI is InChI=1S/C18H19N3O/c1-12-14-10-6-3-7-11-15(14)16-17(19-12)20-21(18(16)22)13-8-4-2-5-9-13/h2,4-5,8-9H,3,6-7,10-11H2,1H3,(H,19,20). The number of nitrogens with one attached hydrogen (secondary N) is 1. The highest BCUT2D eigenvalue weighted by Crippen LogP contribution is 2.27. The van der Waals surface area contributed by atoms with Gasteiger partial charge in [0.15, 0.2) is 5.65 Å². The van der Waals surface area contributed by atoms with Gasteiger partial charge in [0, 0.05) is 5.69 Å². The van der Waals surface area contributed by atoms with Crippen LogP contribution < -0.4 is 5.56 Å². The third-order valence-electron chi connectivity index (χ3n) is 4.62. The van der Waals surface area contributed by atoms with Crippen molar-refractivity contribution < 1.29 is 0 Å². The van der Waals surface area contributed by atoms with Gasteiger partial charge in [-0.25, -0.2) is 9.67 Å². The first-order valence-electron chi connectivity index (χ1n) is 7.94. The highest BCUT2D eigenvalue weighted by molar-refractivity contribution is 5.80. The van der Waals surface area contributed by atoms with Crippen LogP contribution >= 0.6 is 0 Å². The number of pyridine rings is 1. The maximum absolute atomic E-state index is 12.9. The molecule has 3 aromatic rings. The second kappa shape index (κ2) is 5.13. The zero-order valence-corrected chi connectivity index (χ0v) is 12.7. The Bertz CT molecular complexity index is 890. The molecule has 1 aliphatic carbocycles. The van der Waals surface area contributed by atoms with Gasteiger partial charge in [-0.15, -0.1) is 0 Å². The first-order valence-corrected chi connectivity index (χ1v) is 7.94. The number of hydrogen-bond donors (Lipinski definition) is 1. The van der Waals surface area contributed by atoms with Gasteiger partial charge in [-0.1, -0.05) is 24.6 Å². The van der Waals surface area contributed by atoms with E-state index in [0.29, 0.717) is 5.65 Å². The lowest BCUT2D eigenvalue weighted by molar-refractivity contribution is 0.711. The number of fused-ring (bicyclic) bond motifs is 3. The van der Waals surface area contributed by atoms with E-state index < -0.39 is 0 Å². The first-order chi connectivity index (χ1) is 10.8. The molecule has 0 spiro atoms. The summed E-state index contributed by atoms with van der Waals surface area (Å²) >= 11 is 0. The van der Waals surface area contributed by atoms with Gasteiger partial charge in [-0.3, -0.25) is 9.89 Å². The van der Waals surface area contributed by atoms with E-state index in [1.54, 1.807) is 4.68 Å². The summed E-state index contributed by atoms with van der Waals surface area (Å²) in [6, 6.07) is 9.69. The van der Waals surface area contributed by atoms with Crippen molar-refractivity contribution in [1.29, 1.82) is 0 Å². The zero-order chi connectivity index (χ0) is 15.1. The highest BCUT2D eigenvalue weighted by atomic mass is 16.1. The topological polar surface area (TPSA) is 50.7 Å². The molecule has 4 nitrogen and oxygen atoms in total. The molecular formula is C18H19N3O. The van der Waals surface area contributed by atoms with Crippen molar-refractivity contribution in [2.24, 2.45) is 0 Å². The molecule has 0 atom stereocenters. The summed E-state index contributed by atoms with van der Waals surface area (Å²) < 4.78 is 1.61. The van der Waals surface area contributed by atoms with Gasteiger partial charge in [0.05, 0.1) is 11.1 Å². The van der Waals surface area contributed by atoms with Gasteiger partial charge < -0.3 is 0 Å². The quantitative estimate of drug-likeness (QED) is 0.700. The van der Waals surface area contributed by atoms with E-state index in [-0.39, 0.29) is 5.56 Å². The van der Waals surface area contributed by atoms with Crippen LogP contribution in [0.4, 0.5) is 0 Å². The second-order valence-electron chi connectivity index (χ2n) is 6.03. The summed E-state index contributed by atoms with van der Waals surface area (Å²) in [6.45, 7) is 2.06. The second-order valence-corrected chi connectivity index (χ2v) is 6.03. The van der Waals surface area contributed by atoms with E-state index in [4.69, 9.17) is 0 Å². The van der Waals surface area contributed by atoms with E-state index in [2.05, 4.69) is 17.0 Å². The zero-order valence-electron chi connectivity index (χ0n) is 12.7. The SMILES string of the molecule is Cc1nc2[nH]n(-c3ccccc3)c(=O)c2c2c1CCCCC2. The van der Waals surface area contributed by atoms with Gasteiger partial charge in [0.25, 0.3) is 5.56 Å². The Morgan fingerprint density at radius 3 is 2.55 bits per heavy atom. The Morgan fingerprint density at radius 2 is 1.77 bits per heavy atom. The summed E-state index contributed by atoms with van der Waals surface area (Å²) in [7, 11) is 0. The average Bonchev–Trinajstić information content (AvgIpc) is 2.73. The smallest absolute Gasteiger partial charge is 0.274 e. The Labute approximate surface area is 128 Å². The fourth-order valence-electron chi connectivity index (χ4n) is 3.53. The minimum Gasteiger partial charge on any atom is -0.274 e. The molecule has 1 N–H and O–H groups in total. The number of para-hydroxylation sites is 1. The van der Waals surface area contributed by atoms with Crippen molar-refractivity contribution in [2.45, 2.75) is 39.0 Å². The lowest BCUT2D eigenvalue weighted by Gasteiger charge is -2.08. The molecule has 4 rings (SSSR count). The largest absolute Gasteiger partial charge is 0.281 e. The Balaban J connectivity index is 2.03. The maximum Gasteiger partial charge on any atom is 0.281 e. The van der Waals surface area contributed by atoms with Crippen LogP contribution in [0, 0.1) is 6.92 Å². The fourth-order valence-corrected chi connectivity index (χ4v) is 3.53. The minimum atomic E-state index is 0.0202. The number of aromatic amines is 1. The number of benzene rings is 1. The average molecular weight is 293 g/mol. The van der Waals surface area contributed by atoms with Gasteiger partial charge in [0.2, 0.25) is 0 Å². The number of rotatable bonds is 1. The van der Waals surface area contributed by atoms with Crippen molar-refractivity contribution in [3.05, 3.63) is 57.5 Å². The van der Waals surface area contributed by atoms with Gasteiger partial charge >= 0.3 is 0 Å². The molecule has 4 heteroatoms. The van der Waals surface area contributed by atoms with Crippen LogP contribution in [-0.4, -0.2) is 14.8 Å². The molecule has 0 unspecified atom stereocenters. The maximum atomic E-state index is 12.9. The van der Waals surface area contributed by atoms with Crippen molar-refractivity contribution in [3.8, 4) is 5.69 Å². The predicted octanol–water partition coefficient (Wildman–Crippen LogP) is 3.29. The van der Waals surface area contributed by atoms with Crippen LogP contribution in [0.2, 0.25) is 0 Å². The normalized spacial score (nSPS) is 14.8. The summed E-state index contributed by atoms with van der Waals surface area (Å²) in [4.78, 5) is 17.6. The van der Waals surface area contributed by atoms with E-state index in [9.17, 15) is 4.79 Å². The third-order valence-corrected chi connectivity index (χ3v) is 4.62. The minimum absolute atomic E-state index is 0.0202. The molecule has 0 bridgehead atoms. The molecule has 0 saturated heterocycles. The molecule has 1 aromatic carbocycles. The number of hydrogen-bond acceptors (Lipinski definition) is 2. The molecule has 2 aromatic heterocycles. The lowest BCUT2D eigenvalue weighted by Crippen LogP contribution is -2.15. The van der Waals surface area contributed by atoms with Crippen LogP contribution in [0.25, 0.3) is 16.7 Å². The molecule has 112 valence electrons. The molecular weight excluding hydrogens is 274 g/mol. The number of aryl methyl sites for hydroxylation is 2. The van der Waals surface area contributed by atoms with Crippen molar-refractivity contribution >= 4 is 11.0 Å². The van der Waals surface area contributed by atoms with Crippen molar-refractivity contribution in [1.82, 2.24) is 14.8 Å². The molecule has 2 heterocycles. The molecule has 0 aliphatic heterocycles. The van der Waals surface area contributed by atoms with Crippen LogP contribution in [0.15, 0.2) is 35.1 Å². The molecule has 22 heavy (non-hydrogen) atoms. The summed E-state index contributed by atoms with van der Waals surface area (Å²) in [5.41, 5.74) is 5.16. The van der Waals surface area contributed by atoms with Crippen LogP contribution in [0.1, 0.15) is 36.1 Å². The Hall–Kier alpha value is -2.36. The summed E-state index contributed by atoms with van der Waals surface area (Å²) in [5, 5.41) is 3.97. The van der Waals surface area contributed by atoms with Gasteiger partial charge in [-0.2, -0.15) is 0 Å². The summed E-state index contributed by atoms with van der Waals surface area (Å²) in [5.74, 6) is 0. The highest BCUT2D eigenvalue weighted by Gasteiger charge is 2.20. The molecule has 0 saturated carbocycles. The van der Waals surface area contributed by atoms with Gasteiger partial charge in [-0.05, 0) is 55.9 Å². The third kappa shape index (κ3) is 1.98. The van der Waals surface area contributed by atoms with Crippen LogP contribution in [0.3, 0.4) is 0 Å². The van der Waals surface area contributed by atoms with E-state index >= 15 is 0 Å². The van der Waals surface area contributed by atoms with E-state index in [1.807, 2.05) is 30.3 Å². The monoisotopic (exact) mass is 293 g/mol. The van der Waals surface area contributed by atoms with Gasteiger partial charge in [0.1, 0.15) is 0 Å². The molecule has 0 radical (unpaired) electrons. The summed E-state index contributed by atoms with van der Waals surface area (Å²) in [6.07, 6.45) is 5.60. The van der Waals surface area contributed by atoms with Crippen molar-refractivity contribution in [2.75, 3.05) is 0 Å².